The lowest BCUT2D eigenvalue weighted by molar-refractivity contribution is 0.133. The second kappa shape index (κ2) is 7.76. The summed E-state index contributed by atoms with van der Waals surface area (Å²) < 4.78 is 7.10. The van der Waals surface area contributed by atoms with E-state index < -0.39 is 0 Å². The van der Waals surface area contributed by atoms with Crippen LogP contribution < -0.4 is 10.6 Å². The smallest absolute Gasteiger partial charge is 0.319 e. The zero-order chi connectivity index (χ0) is 17.6. The Morgan fingerprint density at radius 3 is 2.80 bits per heavy atom. The van der Waals surface area contributed by atoms with E-state index in [4.69, 9.17) is 4.74 Å². The fourth-order valence-electron chi connectivity index (χ4n) is 2.50. The first kappa shape index (κ1) is 16.9. The molecular formula is C18H21N5O2. The summed E-state index contributed by atoms with van der Waals surface area (Å²) in [5.74, 6) is 0.688. The zero-order valence-corrected chi connectivity index (χ0v) is 14.3. The third-order valence-electron chi connectivity index (χ3n) is 3.71. The summed E-state index contributed by atoms with van der Waals surface area (Å²) in [6.45, 7) is 5.42. The second-order valence-corrected chi connectivity index (χ2v) is 5.59. The molecule has 0 aliphatic rings. The summed E-state index contributed by atoms with van der Waals surface area (Å²) in [7, 11) is 0. The van der Waals surface area contributed by atoms with E-state index in [0.29, 0.717) is 31.3 Å². The van der Waals surface area contributed by atoms with Crippen LogP contribution in [0, 0.1) is 6.92 Å². The molecule has 2 aromatic heterocycles. The van der Waals surface area contributed by atoms with Crippen LogP contribution in [0.3, 0.4) is 0 Å². The van der Waals surface area contributed by atoms with E-state index in [9.17, 15) is 4.79 Å². The molecule has 3 aromatic rings. The number of ether oxygens (including phenoxy) is 1. The van der Waals surface area contributed by atoms with Gasteiger partial charge in [0.25, 0.3) is 0 Å². The summed E-state index contributed by atoms with van der Waals surface area (Å²) in [5, 5.41) is 9.91. The second-order valence-electron chi connectivity index (χ2n) is 5.59. The number of anilines is 1. The van der Waals surface area contributed by atoms with Gasteiger partial charge in [-0.1, -0.05) is 24.3 Å². The van der Waals surface area contributed by atoms with E-state index in [0.717, 1.165) is 16.8 Å². The number of rotatable bonds is 6. The van der Waals surface area contributed by atoms with Crippen LogP contribution >= 0.6 is 0 Å². The molecule has 0 unspecified atom stereocenters. The van der Waals surface area contributed by atoms with Crippen LogP contribution in [0.15, 0.2) is 42.6 Å². The molecule has 0 saturated heterocycles. The van der Waals surface area contributed by atoms with Crippen molar-refractivity contribution in [2.24, 2.45) is 0 Å². The highest BCUT2D eigenvalue weighted by molar-refractivity contribution is 5.89. The van der Waals surface area contributed by atoms with Gasteiger partial charge in [-0.3, -0.25) is 0 Å². The monoisotopic (exact) mass is 339 g/mol. The zero-order valence-electron chi connectivity index (χ0n) is 14.3. The maximum absolute atomic E-state index is 12.2. The Kier molecular flexibility index (Phi) is 5.25. The largest absolute Gasteiger partial charge is 0.377 e. The van der Waals surface area contributed by atoms with E-state index in [2.05, 4.69) is 20.7 Å². The third kappa shape index (κ3) is 4.33. The third-order valence-corrected chi connectivity index (χ3v) is 3.71. The van der Waals surface area contributed by atoms with E-state index in [1.54, 1.807) is 16.8 Å². The standard InChI is InChI=1S/C18H21N5O2/c1-3-25-12-15-7-5-4-6-14(15)10-19-18(24)21-16-8-9-17-20-13(2)22-23(17)11-16/h4-9,11H,3,10,12H2,1-2H3,(H2,19,21,24). The van der Waals surface area contributed by atoms with Gasteiger partial charge in [0.05, 0.1) is 18.5 Å². The molecular weight excluding hydrogens is 318 g/mol. The van der Waals surface area contributed by atoms with Gasteiger partial charge in [0, 0.05) is 13.2 Å². The van der Waals surface area contributed by atoms with Crippen LogP contribution in [0.25, 0.3) is 5.65 Å². The summed E-state index contributed by atoms with van der Waals surface area (Å²) in [5.41, 5.74) is 3.50. The minimum Gasteiger partial charge on any atom is -0.377 e. The van der Waals surface area contributed by atoms with Gasteiger partial charge in [-0.2, -0.15) is 5.10 Å². The lowest BCUT2D eigenvalue weighted by Gasteiger charge is -2.11. The van der Waals surface area contributed by atoms with Crippen molar-refractivity contribution < 1.29 is 9.53 Å². The number of nitrogens with one attached hydrogen (secondary N) is 2. The van der Waals surface area contributed by atoms with Crippen molar-refractivity contribution in [3.63, 3.8) is 0 Å². The SMILES string of the molecule is CCOCc1ccccc1CNC(=O)Nc1ccc2nc(C)nn2c1. The minimum atomic E-state index is -0.276. The topological polar surface area (TPSA) is 80.5 Å². The normalized spacial score (nSPS) is 10.8. The van der Waals surface area contributed by atoms with Crippen LogP contribution in [0.1, 0.15) is 23.9 Å². The Bertz CT molecular complexity index is 875. The number of amides is 2. The number of pyridine rings is 1. The Morgan fingerprint density at radius 1 is 1.20 bits per heavy atom. The molecule has 0 aliphatic carbocycles. The van der Waals surface area contributed by atoms with Gasteiger partial charge in [-0.15, -0.1) is 0 Å². The molecule has 25 heavy (non-hydrogen) atoms. The molecule has 0 fully saturated rings. The van der Waals surface area contributed by atoms with E-state index in [-0.39, 0.29) is 6.03 Å². The van der Waals surface area contributed by atoms with Gasteiger partial charge in [0.1, 0.15) is 5.82 Å². The number of aromatic nitrogens is 3. The number of nitrogens with zero attached hydrogens (tertiary/aromatic N) is 3. The minimum absolute atomic E-state index is 0.276. The highest BCUT2D eigenvalue weighted by Gasteiger charge is 2.07. The molecule has 0 saturated carbocycles. The van der Waals surface area contributed by atoms with Crippen molar-refractivity contribution in [3.8, 4) is 0 Å². The first-order chi connectivity index (χ1) is 12.2. The maximum Gasteiger partial charge on any atom is 0.319 e. The van der Waals surface area contributed by atoms with Crippen molar-refractivity contribution in [3.05, 3.63) is 59.5 Å². The van der Waals surface area contributed by atoms with E-state index in [1.165, 1.54) is 0 Å². The molecule has 1 aromatic carbocycles. The summed E-state index contributed by atoms with van der Waals surface area (Å²) >= 11 is 0. The predicted molar refractivity (Wildman–Crippen MR) is 95.4 cm³/mol. The number of urea groups is 1. The number of benzene rings is 1. The van der Waals surface area contributed by atoms with Crippen molar-refractivity contribution in [1.29, 1.82) is 0 Å². The molecule has 0 bridgehead atoms. The average molecular weight is 339 g/mol. The Morgan fingerprint density at radius 2 is 2.00 bits per heavy atom. The van der Waals surface area contributed by atoms with Crippen molar-refractivity contribution in [2.45, 2.75) is 27.0 Å². The molecule has 3 rings (SSSR count). The maximum atomic E-state index is 12.2. The predicted octanol–water partition coefficient (Wildman–Crippen LogP) is 2.90. The molecule has 0 aliphatic heterocycles. The molecule has 0 spiro atoms. The molecule has 2 amide bonds. The van der Waals surface area contributed by atoms with Gasteiger partial charge in [-0.05, 0) is 37.1 Å². The van der Waals surface area contributed by atoms with Crippen LogP contribution in [0.4, 0.5) is 10.5 Å². The van der Waals surface area contributed by atoms with Gasteiger partial charge >= 0.3 is 6.03 Å². The van der Waals surface area contributed by atoms with E-state index in [1.807, 2.05) is 44.2 Å². The summed E-state index contributed by atoms with van der Waals surface area (Å²) in [6, 6.07) is 11.2. The fourth-order valence-corrected chi connectivity index (χ4v) is 2.50. The average Bonchev–Trinajstić information content (AvgIpc) is 2.98. The molecule has 2 N–H and O–H groups in total. The van der Waals surface area contributed by atoms with Gasteiger partial charge in [0.2, 0.25) is 0 Å². The molecule has 7 heteroatoms. The number of hydrogen-bond donors (Lipinski definition) is 2. The fraction of sp³-hybridized carbons (Fsp3) is 0.278. The first-order valence-electron chi connectivity index (χ1n) is 8.18. The van der Waals surface area contributed by atoms with Gasteiger partial charge in [0.15, 0.2) is 5.65 Å². The van der Waals surface area contributed by atoms with Gasteiger partial charge < -0.3 is 15.4 Å². The lowest BCUT2D eigenvalue weighted by atomic mass is 10.1. The molecule has 0 atom stereocenters. The number of aryl methyl sites for hydroxylation is 1. The van der Waals surface area contributed by atoms with Crippen molar-refractivity contribution in [2.75, 3.05) is 11.9 Å². The molecule has 130 valence electrons. The van der Waals surface area contributed by atoms with Crippen LogP contribution in [-0.4, -0.2) is 27.2 Å². The summed E-state index contributed by atoms with van der Waals surface area (Å²) in [6.07, 6.45) is 1.73. The number of fused-ring (bicyclic) bond motifs is 1. The number of carbonyl (C=O) groups excluding carboxylic acids is 1. The number of carbonyl (C=O) groups is 1. The van der Waals surface area contributed by atoms with Crippen LogP contribution in [0.2, 0.25) is 0 Å². The first-order valence-corrected chi connectivity index (χ1v) is 8.18. The highest BCUT2D eigenvalue weighted by Crippen LogP contribution is 2.11. The Labute approximate surface area is 146 Å². The molecule has 7 nitrogen and oxygen atoms in total. The van der Waals surface area contributed by atoms with Crippen LogP contribution in [-0.2, 0) is 17.9 Å². The Balaban J connectivity index is 1.60. The molecule has 0 radical (unpaired) electrons. The van der Waals surface area contributed by atoms with Crippen LogP contribution in [0.5, 0.6) is 0 Å². The van der Waals surface area contributed by atoms with Crippen molar-refractivity contribution in [1.82, 2.24) is 19.9 Å². The molecule has 2 heterocycles. The van der Waals surface area contributed by atoms with Crippen molar-refractivity contribution >= 4 is 17.4 Å². The van der Waals surface area contributed by atoms with Gasteiger partial charge in [-0.25, -0.2) is 14.3 Å². The lowest BCUT2D eigenvalue weighted by Crippen LogP contribution is -2.28. The van der Waals surface area contributed by atoms with E-state index >= 15 is 0 Å². The Hall–Kier alpha value is -2.93. The quantitative estimate of drug-likeness (QED) is 0.723. The number of hydrogen-bond acceptors (Lipinski definition) is 4. The summed E-state index contributed by atoms with van der Waals surface area (Å²) in [4.78, 5) is 16.4. The highest BCUT2D eigenvalue weighted by atomic mass is 16.5.